The SMILES string of the molecule is CC(NC(=O)NC(C)C(C)C)c1ccccc1. The number of carbonyl (C=O) groups excluding carboxylic acids is 1. The van der Waals surface area contributed by atoms with Gasteiger partial charge in [-0.2, -0.15) is 0 Å². The normalized spacial score (nSPS) is 14.2. The first-order valence-corrected chi connectivity index (χ1v) is 6.12. The zero-order valence-corrected chi connectivity index (χ0v) is 11.0. The standard InChI is InChI=1S/C14H22N2O/c1-10(2)11(3)15-14(17)16-12(4)13-8-6-5-7-9-13/h5-12H,1-4H3,(H2,15,16,17). The quantitative estimate of drug-likeness (QED) is 0.826. The van der Waals surface area contributed by atoms with Gasteiger partial charge in [0.05, 0.1) is 6.04 Å². The third kappa shape index (κ3) is 4.47. The third-order valence-corrected chi connectivity index (χ3v) is 3.01. The fourth-order valence-electron chi connectivity index (χ4n) is 1.44. The van der Waals surface area contributed by atoms with Crippen molar-refractivity contribution in [2.75, 3.05) is 0 Å². The van der Waals surface area contributed by atoms with Gasteiger partial charge in [0.2, 0.25) is 0 Å². The van der Waals surface area contributed by atoms with E-state index in [1.54, 1.807) is 0 Å². The van der Waals surface area contributed by atoms with E-state index in [1.165, 1.54) is 0 Å². The van der Waals surface area contributed by atoms with E-state index in [2.05, 4.69) is 24.5 Å². The number of nitrogens with one attached hydrogen (secondary N) is 2. The summed E-state index contributed by atoms with van der Waals surface area (Å²) in [7, 11) is 0. The molecule has 0 aliphatic rings. The van der Waals surface area contributed by atoms with Crippen LogP contribution >= 0.6 is 0 Å². The second kappa shape index (κ2) is 6.28. The molecule has 0 fully saturated rings. The molecular formula is C14H22N2O. The Bertz CT molecular complexity index is 348. The lowest BCUT2D eigenvalue weighted by Crippen LogP contribution is -2.43. The zero-order valence-electron chi connectivity index (χ0n) is 11.0. The van der Waals surface area contributed by atoms with Crippen LogP contribution in [0.2, 0.25) is 0 Å². The van der Waals surface area contributed by atoms with Crippen molar-refractivity contribution < 1.29 is 4.79 Å². The monoisotopic (exact) mass is 234 g/mol. The molecule has 0 saturated heterocycles. The fourth-order valence-corrected chi connectivity index (χ4v) is 1.44. The van der Waals surface area contributed by atoms with Gasteiger partial charge in [0, 0.05) is 6.04 Å². The molecule has 94 valence electrons. The smallest absolute Gasteiger partial charge is 0.315 e. The largest absolute Gasteiger partial charge is 0.335 e. The number of urea groups is 1. The van der Waals surface area contributed by atoms with Gasteiger partial charge in [0.25, 0.3) is 0 Å². The van der Waals surface area contributed by atoms with Crippen molar-refractivity contribution in [1.29, 1.82) is 0 Å². The molecule has 0 spiro atoms. The van der Waals surface area contributed by atoms with Crippen LogP contribution in [0, 0.1) is 5.92 Å². The van der Waals surface area contributed by atoms with Crippen LogP contribution in [0.4, 0.5) is 4.79 Å². The molecule has 3 heteroatoms. The molecule has 0 aromatic heterocycles. The van der Waals surface area contributed by atoms with Gasteiger partial charge in [-0.05, 0) is 25.3 Å². The molecule has 17 heavy (non-hydrogen) atoms. The predicted octanol–water partition coefficient (Wildman–Crippen LogP) is 3.09. The Kier molecular flexibility index (Phi) is 5.01. The minimum absolute atomic E-state index is 0.0237. The molecule has 1 aromatic rings. The van der Waals surface area contributed by atoms with Gasteiger partial charge in [0.15, 0.2) is 0 Å². The van der Waals surface area contributed by atoms with Crippen LogP contribution in [0.3, 0.4) is 0 Å². The highest BCUT2D eigenvalue weighted by atomic mass is 16.2. The van der Waals surface area contributed by atoms with Crippen LogP contribution in [-0.4, -0.2) is 12.1 Å². The number of rotatable bonds is 4. The van der Waals surface area contributed by atoms with Crippen molar-refractivity contribution >= 4 is 6.03 Å². The second-order valence-electron chi connectivity index (χ2n) is 4.78. The van der Waals surface area contributed by atoms with Gasteiger partial charge >= 0.3 is 6.03 Å². The number of hydrogen-bond donors (Lipinski definition) is 2. The van der Waals surface area contributed by atoms with Crippen molar-refractivity contribution in [1.82, 2.24) is 10.6 Å². The second-order valence-corrected chi connectivity index (χ2v) is 4.78. The summed E-state index contributed by atoms with van der Waals surface area (Å²) in [5.41, 5.74) is 1.11. The Morgan fingerprint density at radius 3 is 2.12 bits per heavy atom. The fraction of sp³-hybridized carbons (Fsp3) is 0.500. The molecule has 0 aliphatic heterocycles. The summed E-state index contributed by atoms with van der Waals surface area (Å²) >= 11 is 0. The third-order valence-electron chi connectivity index (χ3n) is 3.01. The van der Waals surface area contributed by atoms with E-state index < -0.39 is 0 Å². The number of amides is 2. The van der Waals surface area contributed by atoms with Crippen molar-refractivity contribution in [2.45, 2.75) is 39.8 Å². The van der Waals surface area contributed by atoms with Crippen LogP contribution in [-0.2, 0) is 0 Å². The maximum Gasteiger partial charge on any atom is 0.315 e. The molecule has 3 nitrogen and oxygen atoms in total. The summed E-state index contributed by atoms with van der Waals surface area (Å²) in [6, 6.07) is 10.0. The van der Waals surface area contributed by atoms with Gasteiger partial charge in [0.1, 0.15) is 0 Å². The summed E-state index contributed by atoms with van der Waals surface area (Å²) in [5.74, 6) is 0.438. The summed E-state index contributed by atoms with van der Waals surface area (Å²) in [6.45, 7) is 8.17. The van der Waals surface area contributed by atoms with Crippen LogP contribution in [0.25, 0.3) is 0 Å². The van der Waals surface area contributed by atoms with Gasteiger partial charge in [-0.25, -0.2) is 4.79 Å². The molecule has 0 saturated carbocycles. The van der Waals surface area contributed by atoms with Gasteiger partial charge < -0.3 is 10.6 Å². The first-order chi connectivity index (χ1) is 8.00. The maximum absolute atomic E-state index is 11.7. The lowest BCUT2D eigenvalue weighted by molar-refractivity contribution is 0.231. The molecule has 2 N–H and O–H groups in total. The van der Waals surface area contributed by atoms with Crippen molar-refractivity contribution in [3.8, 4) is 0 Å². The minimum Gasteiger partial charge on any atom is -0.335 e. The van der Waals surface area contributed by atoms with Gasteiger partial charge in [-0.3, -0.25) is 0 Å². The first-order valence-electron chi connectivity index (χ1n) is 6.12. The number of hydrogen-bond acceptors (Lipinski definition) is 1. The highest BCUT2D eigenvalue weighted by Gasteiger charge is 2.13. The molecule has 0 radical (unpaired) electrons. The highest BCUT2D eigenvalue weighted by Crippen LogP contribution is 2.10. The van der Waals surface area contributed by atoms with Crippen LogP contribution in [0.5, 0.6) is 0 Å². The molecule has 1 aromatic carbocycles. The zero-order chi connectivity index (χ0) is 12.8. The van der Waals surface area contributed by atoms with Crippen LogP contribution < -0.4 is 10.6 Å². The molecular weight excluding hydrogens is 212 g/mol. The van der Waals surface area contributed by atoms with Crippen molar-refractivity contribution in [3.05, 3.63) is 35.9 Å². The first kappa shape index (κ1) is 13.6. The van der Waals surface area contributed by atoms with E-state index >= 15 is 0 Å². The topological polar surface area (TPSA) is 41.1 Å². The molecule has 0 bridgehead atoms. The Labute approximate surface area is 104 Å². The maximum atomic E-state index is 11.7. The molecule has 2 unspecified atom stereocenters. The summed E-state index contributed by atoms with van der Waals surface area (Å²) in [4.78, 5) is 11.7. The summed E-state index contributed by atoms with van der Waals surface area (Å²) in [5, 5.41) is 5.86. The summed E-state index contributed by atoms with van der Waals surface area (Å²) in [6.07, 6.45) is 0. The number of benzene rings is 1. The predicted molar refractivity (Wildman–Crippen MR) is 70.8 cm³/mol. The Morgan fingerprint density at radius 1 is 1.00 bits per heavy atom. The van der Waals surface area contributed by atoms with E-state index in [9.17, 15) is 4.79 Å². The van der Waals surface area contributed by atoms with Crippen LogP contribution in [0.15, 0.2) is 30.3 Å². The van der Waals surface area contributed by atoms with E-state index in [-0.39, 0.29) is 18.1 Å². The van der Waals surface area contributed by atoms with Crippen molar-refractivity contribution in [3.63, 3.8) is 0 Å². The molecule has 0 heterocycles. The number of carbonyl (C=O) groups is 1. The van der Waals surface area contributed by atoms with E-state index in [0.717, 1.165) is 5.56 Å². The molecule has 1 rings (SSSR count). The Hall–Kier alpha value is -1.51. The van der Waals surface area contributed by atoms with Crippen molar-refractivity contribution in [2.24, 2.45) is 5.92 Å². The van der Waals surface area contributed by atoms with E-state index in [0.29, 0.717) is 5.92 Å². The van der Waals surface area contributed by atoms with E-state index in [1.807, 2.05) is 44.2 Å². The Morgan fingerprint density at radius 2 is 1.59 bits per heavy atom. The lowest BCUT2D eigenvalue weighted by Gasteiger charge is -2.20. The minimum atomic E-state index is -0.109. The van der Waals surface area contributed by atoms with Crippen LogP contribution in [0.1, 0.15) is 39.3 Å². The average Bonchev–Trinajstić information content (AvgIpc) is 2.29. The highest BCUT2D eigenvalue weighted by molar-refractivity contribution is 5.74. The van der Waals surface area contributed by atoms with Gasteiger partial charge in [-0.1, -0.05) is 44.2 Å². The van der Waals surface area contributed by atoms with E-state index in [4.69, 9.17) is 0 Å². The lowest BCUT2D eigenvalue weighted by atomic mass is 10.1. The molecule has 2 atom stereocenters. The molecule has 2 amide bonds. The average molecular weight is 234 g/mol. The summed E-state index contributed by atoms with van der Waals surface area (Å²) < 4.78 is 0. The Balaban J connectivity index is 2.47. The van der Waals surface area contributed by atoms with Gasteiger partial charge in [-0.15, -0.1) is 0 Å². The molecule has 0 aliphatic carbocycles.